The Morgan fingerprint density at radius 2 is 1.80 bits per heavy atom. The Morgan fingerprint density at radius 1 is 1.08 bits per heavy atom. The van der Waals surface area contributed by atoms with Gasteiger partial charge in [0.1, 0.15) is 34.4 Å². The largest absolute Gasteiger partial charge is 0.507 e. The van der Waals surface area contributed by atoms with E-state index in [0.717, 1.165) is 16.9 Å². The number of carbonyl (C=O) groups excluding carboxylic acids is 3. The summed E-state index contributed by atoms with van der Waals surface area (Å²) in [6, 6.07) is 15.9. The Hall–Kier alpha value is -5.12. The first-order valence-electron chi connectivity index (χ1n) is 17.8. The molecule has 0 bridgehead atoms. The van der Waals surface area contributed by atoms with Crippen LogP contribution in [-0.2, 0) is 21.4 Å². The van der Waals surface area contributed by atoms with Crippen LogP contribution in [0.15, 0.2) is 60.7 Å². The SMILES string of the molecule is COc1ccc(C(CC(=O)N[C@@H](CC(C)C)c2nc3ccccc3n2C)c2c(O)cc3c(c2O)C(=O)O[C@@H](C)CCCC(=O)CCCC=C3)cc1. The van der Waals surface area contributed by atoms with Gasteiger partial charge in [-0.05, 0) is 86.4 Å². The number of para-hydroxylation sites is 2. The molecule has 2 heterocycles. The topological polar surface area (TPSA) is 140 Å². The number of aryl methyl sites for hydroxylation is 1. The summed E-state index contributed by atoms with van der Waals surface area (Å²) in [5.41, 5.74) is 2.65. The maximum Gasteiger partial charge on any atom is 0.342 e. The van der Waals surface area contributed by atoms with Crippen molar-refractivity contribution in [1.29, 1.82) is 0 Å². The van der Waals surface area contributed by atoms with Gasteiger partial charge in [-0.2, -0.15) is 0 Å². The first-order valence-corrected chi connectivity index (χ1v) is 17.8. The van der Waals surface area contributed by atoms with Gasteiger partial charge in [-0.25, -0.2) is 9.78 Å². The van der Waals surface area contributed by atoms with Crippen LogP contribution in [0.5, 0.6) is 17.2 Å². The number of fused-ring (bicyclic) bond motifs is 2. The van der Waals surface area contributed by atoms with E-state index in [-0.39, 0.29) is 46.5 Å². The van der Waals surface area contributed by atoms with Crippen LogP contribution in [0.25, 0.3) is 17.1 Å². The standard InChI is InChI=1S/C41H49N3O7/c1-25(2)22-33(40-43-32-16-9-10-17-34(32)44(40)4)42-36(47)24-31(27-18-20-30(50-5)21-19-27)38-35(46)23-28-13-7-6-8-14-29(45)15-11-12-26(3)51-41(49)37(28)39(38)48/h7,9-10,13,16-21,23,25-26,31,33,46,48H,6,8,11-12,14-15,22,24H2,1-5H3,(H,42,47)/t26-,31?,33-/m0/s1. The molecular weight excluding hydrogens is 646 g/mol. The quantitative estimate of drug-likeness (QED) is 0.150. The van der Waals surface area contributed by atoms with Crippen LogP contribution >= 0.6 is 0 Å². The number of phenolic OH excluding ortho intramolecular Hbond substituents is 2. The predicted molar refractivity (Wildman–Crippen MR) is 197 cm³/mol. The Labute approximate surface area is 299 Å². The van der Waals surface area contributed by atoms with E-state index in [9.17, 15) is 24.6 Å². The normalized spacial score (nSPS) is 17.0. The minimum absolute atomic E-state index is 0.0434. The number of hydrogen-bond acceptors (Lipinski definition) is 8. The van der Waals surface area contributed by atoms with Crippen LogP contribution < -0.4 is 10.1 Å². The Kier molecular flexibility index (Phi) is 12.2. The second kappa shape index (κ2) is 16.7. The van der Waals surface area contributed by atoms with E-state index in [1.807, 2.05) is 42.0 Å². The summed E-state index contributed by atoms with van der Waals surface area (Å²) in [6.45, 7) is 5.92. The molecule has 5 rings (SSSR count). The number of aromatic nitrogens is 2. The fourth-order valence-corrected chi connectivity index (χ4v) is 6.86. The smallest absolute Gasteiger partial charge is 0.342 e. The molecule has 4 aromatic rings. The third-order valence-corrected chi connectivity index (χ3v) is 9.48. The molecule has 1 aromatic heterocycles. The number of esters is 1. The zero-order valence-electron chi connectivity index (χ0n) is 30.1. The fraction of sp³-hybridized carbons (Fsp3) is 0.415. The van der Waals surface area contributed by atoms with Gasteiger partial charge in [-0.1, -0.05) is 50.3 Å². The highest BCUT2D eigenvalue weighted by Gasteiger charge is 2.32. The summed E-state index contributed by atoms with van der Waals surface area (Å²) >= 11 is 0. The van der Waals surface area contributed by atoms with Crippen molar-refractivity contribution in [2.24, 2.45) is 13.0 Å². The third-order valence-electron chi connectivity index (χ3n) is 9.48. The Bertz CT molecular complexity index is 1890. The van der Waals surface area contributed by atoms with Crippen LogP contribution in [0.1, 0.15) is 117 Å². The van der Waals surface area contributed by atoms with Crippen molar-refractivity contribution >= 4 is 34.8 Å². The lowest BCUT2D eigenvalue weighted by atomic mass is 9.84. The molecule has 0 radical (unpaired) electrons. The number of nitrogens with zero attached hydrogens (tertiary/aromatic N) is 2. The van der Waals surface area contributed by atoms with Gasteiger partial charge < -0.3 is 29.6 Å². The number of nitrogens with one attached hydrogen (secondary N) is 1. The number of Topliss-reactive ketones (excluding diaryl/α,β-unsaturated/α-hetero) is 1. The van der Waals surface area contributed by atoms with Gasteiger partial charge in [0.15, 0.2) is 0 Å². The number of allylic oxidation sites excluding steroid dienone is 1. The zero-order chi connectivity index (χ0) is 36.7. The molecule has 3 N–H and O–H groups in total. The molecule has 0 saturated heterocycles. The average Bonchev–Trinajstić information content (AvgIpc) is 3.42. The number of hydrogen-bond donors (Lipinski definition) is 3. The van der Waals surface area contributed by atoms with Crippen LogP contribution in [0.2, 0.25) is 0 Å². The fourth-order valence-electron chi connectivity index (χ4n) is 6.86. The Balaban J connectivity index is 1.56. The molecule has 0 aliphatic carbocycles. The van der Waals surface area contributed by atoms with E-state index in [2.05, 4.69) is 19.2 Å². The van der Waals surface area contributed by atoms with E-state index >= 15 is 0 Å². The highest BCUT2D eigenvalue weighted by molar-refractivity contribution is 5.98. The van der Waals surface area contributed by atoms with Crippen molar-refractivity contribution in [3.8, 4) is 17.2 Å². The molecule has 3 aromatic carbocycles. The summed E-state index contributed by atoms with van der Waals surface area (Å²) in [4.78, 5) is 44.9. The first-order chi connectivity index (χ1) is 24.5. The van der Waals surface area contributed by atoms with Crippen LogP contribution in [0, 0.1) is 5.92 Å². The number of cyclic esters (lactones) is 1. The minimum atomic E-state index is -0.852. The highest BCUT2D eigenvalue weighted by Crippen LogP contribution is 2.44. The van der Waals surface area contributed by atoms with Gasteiger partial charge in [0, 0.05) is 37.8 Å². The van der Waals surface area contributed by atoms with Crippen molar-refractivity contribution in [1.82, 2.24) is 14.9 Å². The highest BCUT2D eigenvalue weighted by atomic mass is 16.5. The lowest BCUT2D eigenvalue weighted by molar-refractivity contribution is -0.122. The molecule has 0 saturated carbocycles. The summed E-state index contributed by atoms with van der Waals surface area (Å²) in [5.74, 6) is -0.892. The molecular formula is C41H49N3O7. The molecule has 270 valence electrons. The number of methoxy groups -OCH3 is 1. The van der Waals surface area contributed by atoms with Gasteiger partial charge in [0.05, 0.1) is 30.3 Å². The molecule has 10 heteroatoms. The molecule has 10 nitrogen and oxygen atoms in total. The van der Waals surface area contributed by atoms with E-state index in [1.54, 1.807) is 44.4 Å². The molecule has 3 atom stereocenters. The molecule has 1 unspecified atom stereocenters. The predicted octanol–water partition coefficient (Wildman–Crippen LogP) is 7.90. The van der Waals surface area contributed by atoms with Gasteiger partial charge in [-0.15, -0.1) is 0 Å². The van der Waals surface area contributed by atoms with Crippen molar-refractivity contribution in [3.63, 3.8) is 0 Å². The number of amides is 1. The van der Waals surface area contributed by atoms with E-state index in [4.69, 9.17) is 14.5 Å². The molecule has 1 amide bonds. The van der Waals surface area contributed by atoms with Gasteiger partial charge in [0.2, 0.25) is 5.91 Å². The maximum atomic E-state index is 14.1. The molecule has 1 aliphatic heterocycles. The van der Waals surface area contributed by atoms with Crippen LogP contribution in [0.3, 0.4) is 0 Å². The average molecular weight is 696 g/mol. The first kappa shape index (κ1) is 37.1. The number of aromatic hydroxyl groups is 2. The summed E-state index contributed by atoms with van der Waals surface area (Å²) in [6.07, 6.45) is 6.64. The molecule has 51 heavy (non-hydrogen) atoms. The molecule has 0 fully saturated rings. The van der Waals surface area contributed by atoms with Crippen molar-refractivity contribution in [3.05, 3.63) is 88.8 Å². The zero-order valence-corrected chi connectivity index (χ0v) is 30.1. The van der Waals surface area contributed by atoms with Crippen molar-refractivity contribution < 1.29 is 34.1 Å². The second-order valence-electron chi connectivity index (χ2n) is 13.9. The monoisotopic (exact) mass is 695 g/mol. The number of benzene rings is 3. The summed E-state index contributed by atoms with van der Waals surface area (Å²) < 4.78 is 13.1. The minimum Gasteiger partial charge on any atom is -0.507 e. The summed E-state index contributed by atoms with van der Waals surface area (Å²) in [5, 5.41) is 26.7. The van der Waals surface area contributed by atoms with Crippen LogP contribution in [-0.4, -0.2) is 50.6 Å². The number of imidazole rings is 1. The maximum absolute atomic E-state index is 14.1. The summed E-state index contributed by atoms with van der Waals surface area (Å²) in [7, 11) is 3.49. The molecule has 0 spiro atoms. The van der Waals surface area contributed by atoms with E-state index in [0.29, 0.717) is 56.3 Å². The lowest BCUT2D eigenvalue weighted by Crippen LogP contribution is -2.32. The molecule has 1 aliphatic rings. The van der Waals surface area contributed by atoms with Crippen molar-refractivity contribution in [2.45, 2.75) is 90.2 Å². The van der Waals surface area contributed by atoms with Gasteiger partial charge >= 0.3 is 5.97 Å². The van der Waals surface area contributed by atoms with Gasteiger partial charge in [-0.3, -0.25) is 9.59 Å². The van der Waals surface area contributed by atoms with E-state index in [1.165, 1.54) is 6.07 Å². The second-order valence-corrected chi connectivity index (χ2v) is 13.9. The van der Waals surface area contributed by atoms with Crippen molar-refractivity contribution in [2.75, 3.05) is 7.11 Å². The third kappa shape index (κ3) is 8.98. The number of ketones is 1. The van der Waals surface area contributed by atoms with Crippen LogP contribution in [0.4, 0.5) is 0 Å². The number of ether oxygens (including phenoxy) is 2. The van der Waals surface area contributed by atoms with E-state index < -0.39 is 29.8 Å². The number of phenols is 2. The Morgan fingerprint density at radius 3 is 2.51 bits per heavy atom. The number of carbonyl (C=O) groups is 3. The van der Waals surface area contributed by atoms with Gasteiger partial charge in [0.25, 0.3) is 0 Å². The number of rotatable bonds is 9. The lowest BCUT2D eigenvalue weighted by Gasteiger charge is -2.25.